The quantitative estimate of drug-likeness (QED) is 0.482. The number of rotatable bonds is 3. The molecule has 85 valence electrons. The maximum absolute atomic E-state index is 10.4. The standard InChI is InChI=1S/C6H3N3O7.K/c10-6-4(8(13)14)1-3(7(11)12)2-5(6)9(15)16;/h1-2,10H;. The van der Waals surface area contributed by atoms with E-state index in [1.165, 1.54) is 0 Å². The molecule has 1 radical (unpaired) electrons. The minimum atomic E-state index is -1.21. The first-order chi connectivity index (χ1) is 7.34. The number of nitrogens with zero attached hydrogens (tertiary/aromatic N) is 3. The minimum absolute atomic E-state index is 0. The van der Waals surface area contributed by atoms with Gasteiger partial charge in [-0.2, -0.15) is 0 Å². The van der Waals surface area contributed by atoms with E-state index in [9.17, 15) is 30.3 Å². The number of aromatic hydroxyl groups is 1. The van der Waals surface area contributed by atoms with Gasteiger partial charge < -0.3 is 5.11 Å². The smallest absolute Gasteiger partial charge is 0.324 e. The summed E-state index contributed by atoms with van der Waals surface area (Å²) in [6.07, 6.45) is 0. The molecule has 0 atom stereocenters. The maximum atomic E-state index is 10.4. The Hall–Kier alpha value is -1.14. The zero-order valence-corrected chi connectivity index (χ0v) is 11.5. The fourth-order valence-corrected chi connectivity index (χ4v) is 0.974. The Balaban J connectivity index is 0.00000256. The second kappa shape index (κ2) is 5.97. The SMILES string of the molecule is O=[N+]([O-])c1cc([N+](=O)[O-])c(O)c([N+](=O)[O-])c1.[K]. The van der Waals surface area contributed by atoms with E-state index in [2.05, 4.69) is 0 Å². The second-order valence-electron chi connectivity index (χ2n) is 2.60. The van der Waals surface area contributed by atoms with E-state index in [1.807, 2.05) is 0 Å². The van der Waals surface area contributed by atoms with Gasteiger partial charge in [0, 0.05) is 51.4 Å². The van der Waals surface area contributed by atoms with Crippen LogP contribution in [-0.2, 0) is 0 Å². The van der Waals surface area contributed by atoms with Gasteiger partial charge in [-0.1, -0.05) is 0 Å². The van der Waals surface area contributed by atoms with Crippen molar-refractivity contribution in [1.29, 1.82) is 0 Å². The predicted octanol–water partition coefficient (Wildman–Crippen LogP) is 0.736. The zero-order chi connectivity index (χ0) is 12.5. The average molecular weight is 268 g/mol. The van der Waals surface area contributed by atoms with E-state index in [0.717, 1.165) is 0 Å². The number of phenolic OH excluding ortho intramolecular Hbond substituents is 1. The van der Waals surface area contributed by atoms with Crippen molar-refractivity contribution in [2.75, 3.05) is 0 Å². The van der Waals surface area contributed by atoms with Gasteiger partial charge in [0.25, 0.3) is 11.4 Å². The molecule has 0 saturated carbocycles. The average Bonchev–Trinajstić information content (AvgIpc) is 2.16. The molecule has 0 bridgehead atoms. The Kier molecular flexibility index (Phi) is 5.57. The molecule has 0 aliphatic rings. The summed E-state index contributed by atoms with van der Waals surface area (Å²) < 4.78 is 0. The first-order valence-corrected chi connectivity index (χ1v) is 3.64. The van der Waals surface area contributed by atoms with Gasteiger partial charge >= 0.3 is 11.4 Å². The molecule has 0 aromatic heterocycles. The predicted molar refractivity (Wildman–Crippen MR) is 53.8 cm³/mol. The molecule has 1 rings (SSSR count). The molecule has 11 heteroatoms. The number of hydrogen-bond acceptors (Lipinski definition) is 7. The third-order valence-corrected chi connectivity index (χ3v) is 1.66. The fourth-order valence-electron chi connectivity index (χ4n) is 0.974. The van der Waals surface area contributed by atoms with Crippen LogP contribution in [-0.4, -0.2) is 71.3 Å². The largest absolute Gasteiger partial charge is 0.497 e. The first-order valence-electron chi connectivity index (χ1n) is 3.64. The van der Waals surface area contributed by atoms with E-state index in [1.54, 1.807) is 0 Å². The van der Waals surface area contributed by atoms with Gasteiger partial charge in [0.2, 0.25) is 0 Å². The van der Waals surface area contributed by atoms with Crippen LogP contribution >= 0.6 is 0 Å². The molecule has 1 aromatic carbocycles. The summed E-state index contributed by atoms with van der Waals surface area (Å²) in [6, 6.07) is 0.894. The Morgan fingerprint density at radius 2 is 1.24 bits per heavy atom. The van der Waals surface area contributed by atoms with Gasteiger partial charge in [-0.05, 0) is 0 Å². The first kappa shape index (κ1) is 15.9. The van der Waals surface area contributed by atoms with Crippen molar-refractivity contribution >= 4 is 68.4 Å². The van der Waals surface area contributed by atoms with Crippen LogP contribution in [0.5, 0.6) is 5.75 Å². The van der Waals surface area contributed by atoms with Gasteiger partial charge in [-0.25, -0.2) is 0 Å². The van der Waals surface area contributed by atoms with Gasteiger partial charge in [0.1, 0.15) is 0 Å². The molecule has 10 nitrogen and oxygen atoms in total. The molecule has 17 heavy (non-hydrogen) atoms. The van der Waals surface area contributed by atoms with Crippen molar-refractivity contribution in [3.63, 3.8) is 0 Å². The normalized spacial score (nSPS) is 9.18. The molecule has 0 fully saturated rings. The van der Waals surface area contributed by atoms with Crippen LogP contribution in [0.3, 0.4) is 0 Å². The summed E-state index contributed by atoms with van der Waals surface area (Å²) in [4.78, 5) is 27.8. The third-order valence-electron chi connectivity index (χ3n) is 1.66. The number of nitro benzene ring substituents is 3. The summed E-state index contributed by atoms with van der Waals surface area (Å²) >= 11 is 0. The van der Waals surface area contributed by atoms with Crippen LogP contribution in [0.1, 0.15) is 0 Å². The third kappa shape index (κ3) is 3.40. The molecule has 0 aliphatic heterocycles. The Bertz CT molecular complexity index is 467. The van der Waals surface area contributed by atoms with E-state index in [4.69, 9.17) is 5.11 Å². The Morgan fingerprint density at radius 3 is 1.47 bits per heavy atom. The number of benzene rings is 1. The summed E-state index contributed by atoms with van der Waals surface area (Å²) in [5, 5.41) is 40.2. The van der Waals surface area contributed by atoms with Gasteiger partial charge in [0.05, 0.1) is 26.9 Å². The zero-order valence-electron chi connectivity index (χ0n) is 8.39. The van der Waals surface area contributed by atoms with Crippen molar-refractivity contribution < 1.29 is 19.9 Å². The van der Waals surface area contributed by atoms with Crippen molar-refractivity contribution in [2.45, 2.75) is 0 Å². The Labute approximate surface area is 135 Å². The number of non-ortho nitro benzene ring substituents is 1. The van der Waals surface area contributed by atoms with Crippen molar-refractivity contribution in [1.82, 2.24) is 0 Å². The van der Waals surface area contributed by atoms with Crippen LogP contribution in [0.25, 0.3) is 0 Å². The molecule has 0 amide bonds. The monoisotopic (exact) mass is 268 g/mol. The summed E-state index contributed by atoms with van der Waals surface area (Å²) in [6.45, 7) is 0. The van der Waals surface area contributed by atoms with Gasteiger partial charge in [0.15, 0.2) is 0 Å². The molecule has 0 spiro atoms. The van der Waals surface area contributed by atoms with Crippen LogP contribution < -0.4 is 0 Å². The van der Waals surface area contributed by atoms with Crippen LogP contribution in [0.2, 0.25) is 0 Å². The van der Waals surface area contributed by atoms with Crippen molar-refractivity contribution in [3.8, 4) is 5.75 Å². The van der Waals surface area contributed by atoms with E-state index in [-0.39, 0.29) is 51.4 Å². The van der Waals surface area contributed by atoms with Gasteiger partial charge in [-0.3, -0.25) is 30.3 Å². The van der Waals surface area contributed by atoms with Crippen LogP contribution in [0.15, 0.2) is 12.1 Å². The van der Waals surface area contributed by atoms with E-state index in [0.29, 0.717) is 12.1 Å². The number of nitro groups is 3. The van der Waals surface area contributed by atoms with E-state index >= 15 is 0 Å². The van der Waals surface area contributed by atoms with Crippen molar-refractivity contribution in [2.24, 2.45) is 0 Å². The van der Waals surface area contributed by atoms with Crippen molar-refractivity contribution in [3.05, 3.63) is 42.5 Å². The molecule has 1 N–H and O–H groups in total. The topological polar surface area (TPSA) is 150 Å². The summed E-state index contributed by atoms with van der Waals surface area (Å²) in [7, 11) is 0. The second-order valence-corrected chi connectivity index (χ2v) is 2.60. The molecular weight excluding hydrogens is 265 g/mol. The summed E-state index contributed by atoms with van der Waals surface area (Å²) in [5.41, 5.74) is -3.00. The number of hydrogen-bond donors (Lipinski definition) is 1. The maximum Gasteiger partial charge on any atom is 0.324 e. The summed E-state index contributed by atoms with van der Waals surface area (Å²) in [5.74, 6) is -1.21. The van der Waals surface area contributed by atoms with Crippen LogP contribution in [0, 0.1) is 30.3 Å². The fraction of sp³-hybridized carbons (Fsp3) is 0. The molecule has 0 aliphatic carbocycles. The molecule has 1 aromatic rings. The molecule has 0 saturated heterocycles. The molecular formula is C6H3KN3O7. The molecule has 0 unspecified atom stereocenters. The van der Waals surface area contributed by atoms with E-state index < -0.39 is 37.6 Å². The van der Waals surface area contributed by atoms with Crippen LogP contribution in [0.4, 0.5) is 17.1 Å². The molecule has 0 heterocycles. The minimum Gasteiger partial charge on any atom is -0.497 e. The van der Waals surface area contributed by atoms with Gasteiger partial charge in [-0.15, -0.1) is 0 Å². The Morgan fingerprint density at radius 1 is 0.882 bits per heavy atom. The number of phenols is 1.